The van der Waals surface area contributed by atoms with Crippen LogP contribution in [0.5, 0.6) is 5.88 Å². The SMILES string of the molecule is CCCOc1cncc(NC(C)(C)C(C)(C)C(=O)O)n1. The second kappa shape index (κ2) is 6.07. The minimum atomic E-state index is -0.963. The maximum atomic E-state index is 11.4. The van der Waals surface area contributed by atoms with Crippen molar-refractivity contribution >= 4 is 11.8 Å². The molecule has 0 aromatic carbocycles. The van der Waals surface area contributed by atoms with Crippen LogP contribution in [0.15, 0.2) is 12.4 Å². The third kappa shape index (κ3) is 3.59. The van der Waals surface area contributed by atoms with Gasteiger partial charge in [0.15, 0.2) is 0 Å². The smallest absolute Gasteiger partial charge is 0.311 e. The Hall–Kier alpha value is -1.85. The average Bonchev–Trinajstić information content (AvgIpc) is 2.35. The number of carboxylic acid groups (broad SMARTS) is 1. The third-order valence-corrected chi connectivity index (χ3v) is 3.60. The van der Waals surface area contributed by atoms with Crippen molar-refractivity contribution in [3.05, 3.63) is 12.4 Å². The fraction of sp³-hybridized carbons (Fsp3) is 0.643. The molecule has 112 valence electrons. The van der Waals surface area contributed by atoms with E-state index >= 15 is 0 Å². The molecule has 0 fully saturated rings. The van der Waals surface area contributed by atoms with E-state index < -0.39 is 16.9 Å². The Morgan fingerprint density at radius 2 is 2.00 bits per heavy atom. The Morgan fingerprint density at radius 3 is 2.55 bits per heavy atom. The molecule has 2 N–H and O–H groups in total. The van der Waals surface area contributed by atoms with Crippen LogP contribution in [-0.2, 0) is 4.79 Å². The van der Waals surface area contributed by atoms with Gasteiger partial charge in [-0.15, -0.1) is 0 Å². The first-order valence-electron chi connectivity index (χ1n) is 6.67. The Kier molecular flexibility index (Phi) is 4.92. The fourth-order valence-corrected chi connectivity index (χ4v) is 1.43. The summed E-state index contributed by atoms with van der Waals surface area (Å²) in [6, 6.07) is 0. The Balaban J connectivity index is 2.89. The minimum absolute atomic E-state index is 0.431. The molecule has 0 aliphatic rings. The molecule has 0 amide bonds. The molecule has 0 saturated heterocycles. The molecule has 0 saturated carbocycles. The summed E-state index contributed by atoms with van der Waals surface area (Å²) in [4.78, 5) is 19.7. The van der Waals surface area contributed by atoms with Gasteiger partial charge >= 0.3 is 5.97 Å². The zero-order valence-electron chi connectivity index (χ0n) is 12.7. The van der Waals surface area contributed by atoms with Gasteiger partial charge in [-0.2, -0.15) is 4.98 Å². The molecule has 20 heavy (non-hydrogen) atoms. The van der Waals surface area contributed by atoms with E-state index in [1.165, 1.54) is 6.20 Å². The third-order valence-electron chi connectivity index (χ3n) is 3.60. The number of carboxylic acids is 1. The normalized spacial score (nSPS) is 12.1. The molecule has 6 heteroatoms. The lowest BCUT2D eigenvalue weighted by Gasteiger charge is -2.39. The zero-order valence-corrected chi connectivity index (χ0v) is 12.7. The molecule has 1 rings (SSSR count). The van der Waals surface area contributed by atoms with Crippen molar-refractivity contribution in [1.29, 1.82) is 0 Å². The van der Waals surface area contributed by atoms with Crippen molar-refractivity contribution in [3.8, 4) is 5.88 Å². The molecule has 6 nitrogen and oxygen atoms in total. The molecular formula is C14H23N3O3. The van der Waals surface area contributed by atoms with E-state index in [2.05, 4.69) is 15.3 Å². The number of aliphatic carboxylic acids is 1. The number of carbonyl (C=O) groups is 1. The number of nitrogens with one attached hydrogen (secondary N) is 1. The Bertz CT molecular complexity index is 472. The standard InChI is InChI=1S/C14H23N3O3/c1-6-7-20-11-9-15-8-10(16-11)17-14(4,5)13(2,3)12(18)19/h8-9H,6-7H2,1-5H3,(H,16,17)(H,18,19). The maximum absolute atomic E-state index is 11.4. The van der Waals surface area contributed by atoms with Crippen LogP contribution in [0.3, 0.4) is 0 Å². The molecular weight excluding hydrogens is 258 g/mol. The van der Waals surface area contributed by atoms with Gasteiger partial charge in [-0.05, 0) is 34.1 Å². The Labute approximate surface area is 119 Å². The van der Waals surface area contributed by atoms with Gasteiger partial charge in [-0.1, -0.05) is 6.92 Å². The predicted molar refractivity (Wildman–Crippen MR) is 76.9 cm³/mol. The summed E-state index contributed by atoms with van der Waals surface area (Å²) in [5, 5.41) is 12.4. The number of rotatable bonds is 7. The average molecular weight is 281 g/mol. The van der Waals surface area contributed by atoms with Crippen molar-refractivity contribution < 1.29 is 14.6 Å². The van der Waals surface area contributed by atoms with Gasteiger partial charge in [0.05, 0.1) is 24.4 Å². The van der Waals surface area contributed by atoms with Gasteiger partial charge in [0.1, 0.15) is 5.82 Å². The van der Waals surface area contributed by atoms with Gasteiger partial charge in [0.25, 0.3) is 0 Å². The van der Waals surface area contributed by atoms with E-state index in [1.807, 2.05) is 20.8 Å². The van der Waals surface area contributed by atoms with Crippen LogP contribution in [0, 0.1) is 5.41 Å². The van der Waals surface area contributed by atoms with Crippen molar-refractivity contribution in [2.45, 2.75) is 46.6 Å². The van der Waals surface area contributed by atoms with E-state index in [9.17, 15) is 9.90 Å². The van der Waals surface area contributed by atoms with Crippen LogP contribution in [-0.4, -0.2) is 33.2 Å². The van der Waals surface area contributed by atoms with Crippen LogP contribution in [0.4, 0.5) is 5.82 Å². The summed E-state index contributed by atoms with van der Waals surface area (Å²) >= 11 is 0. The highest BCUT2D eigenvalue weighted by Crippen LogP contribution is 2.33. The van der Waals surface area contributed by atoms with Gasteiger partial charge in [0, 0.05) is 5.54 Å². The van der Waals surface area contributed by atoms with E-state index in [4.69, 9.17) is 4.74 Å². The minimum Gasteiger partial charge on any atom is -0.481 e. The number of anilines is 1. The predicted octanol–water partition coefficient (Wildman–Crippen LogP) is 2.57. The molecule has 0 aliphatic carbocycles. The monoisotopic (exact) mass is 281 g/mol. The lowest BCUT2D eigenvalue weighted by Crippen LogP contribution is -2.50. The summed E-state index contributed by atoms with van der Waals surface area (Å²) < 4.78 is 5.41. The van der Waals surface area contributed by atoms with Gasteiger partial charge < -0.3 is 15.2 Å². The summed E-state index contributed by atoms with van der Waals surface area (Å²) in [5.74, 6) is 0.0556. The quantitative estimate of drug-likeness (QED) is 0.799. The summed E-state index contributed by atoms with van der Waals surface area (Å²) in [6.45, 7) is 9.57. The molecule has 0 bridgehead atoms. The van der Waals surface area contributed by atoms with E-state index in [1.54, 1.807) is 20.0 Å². The topological polar surface area (TPSA) is 84.3 Å². The molecule has 0 unspecified atom stereocenters. The van der Waals surface area contributed by atoms with Gasteiger partial charge in [-0.3, -0.25) is 9.78 Å². The largest absolute Gasteiger partial charge is 0.481 e. The van der Waals surface area contributed by atoms with Crippen molar-refractivity contribution in [1.82, 2.24) is 9.97 Å². The second-order valence-corrected chi connectivity index (χ2v) is 5.77. The van der Waals surface area contributed by atoms with Crippen molar-refractivity contribution in [2.24, 2.45) is 5.41 Å². The van der Waals surface area contributed by atoms with E-state index in [0.717, 1.165) is 6.42 Å². The first-order valence-corrected chi connectivity index (χ1v) is 6.67. The zero-order chi connectivity index (χ0) is 15.4. The molecule has 0 aliphatic heterocycles. The van der Waals surface area contributed by atoms with Crippen LogP contribution in [0.25, 0.3) is 0 Å². The second-order valence-electron chi connectivity index (χ2n) is 5.77. The number of hydrogen-bond donors (Lipinski definition) is 2. The van der Waals surface area contributed by atoms with Crippen molar-refractivity contribution in [3.63, 3.8) is 0 Å². The number of ether oxygens (including phenoxy) is 1. The highest BCUT2D eigenvalue weighted by molar-refractivity contribution is 5.76. The fourth-order valence-electron chi connectivity index (χ4n) is 1.43. The molecule has 1 heterocycles. The lowest BCUT2D eigenvalue weighted by molar-refractivity contribution is -0.149. The molecule has 0 radical (unpaired) electrons. The first kappa shape index (κ1) is 16.2. The van der Waals surface area contributed by atoms with Crippen LogP contribution >= 0.6 is 0 Å². The highest BCUT2D eigenvalue weighted by Gasteiger charge is 2.43. The lowest BCUT2D eigenvalue weighted by atomic mass is 9.74. The highest BCUT2D eigenvalue weighted by atomic mass is 16.5. The van der Waals surface area contributed by atoms with Crippen LogP contribution in [0.1, 0.15) is 41.0 Å². The van der Waals surface area contributed by atoms with Crippen molar-refractivity contribution in [2.75, 3.05) is 11.9 Å². The van der Waals surface area contributed by atoms with E-state index in [-0.39, 0.29) is 0 Å². The number of nitrogens with zero attached hydrogens (tertiary/aromatic N) is 2. The van der Waals surface area contributed by atoms with E-state index in [0.29, 0.717) is 18.3 Å². The molecule has 0 spiro atoms. The van der Waals surface area contributed by atoms with Crippen LogP contribution < -0.4 is 10.1 Å². The first-order chi connectivity index (χ1) is 9.20. The number of aromatic nitrogens is 2. The molecule has 1 aromatic rings. The Morgan fingerprint density at radius 1 is 1.35 bits per heavy atom. The maximum Gasteiger partial charge on any atom is 0.311 e. The van der Waals surface area contributed by atoms with Gasteiger partial charge in [0.2, 0.25) is 5.88 Å². The summed E-state index contributed by atoms with van der Waals surface area (Å²) in [6.07, 6.45) is 3.98. The van der Waals surface area contributed by atoms with Gasteiger partial charge in [-0.25, -0.2) is 0 Å². The number of hydrogen-bond acceptors (Lipinski definition) is 5. The van der Waals surface area contributed by atoms with Crippen LogP contribution in [0.2, 0.25) is 0 Å². The summed E-state index contributed by atoms with van der Waals surface area (Å²) in [5.41, 5.74) is -1.66. The summed E-state index contributed by atoms with van der Waals surface area (Å²) in [7, 11) is 0. The molecule has 1 aromatic heterocycles. The molecule has 0 atom stereocenters.